The number of carbonyl (C=O) groups excluding carboxylic acids is 2. The van der Waals surface area contributed by atoms with E-state index in [0.29, 0.717) is 21.6 Å². The fraction of sp³-hybridized carbons (Fsp3) is 0.100. The molecule has 1 aromatic heterocycles. The third-order valence-electron chi connectivity index (χ3n) is 3.72. The van der Waals surface area contributed by atoms with Crippen LogP contribution in [0.15, 0.2) is 69.8 Å². The van der Waals surface area contributed by atoms with E-state index in [4.69, 9.17) is 9.15 Å². The fourth-order valence-electron chi connectivity index (χ4n) is 2.30. The van der Waals surface area contributed by atoms with E-state index in [9.17, 15) is 14.0 Å². The van der Waals surface area contributed by atoms with E-state index in [1.165, 1.54) is 24.5 Å². The lowest BCUT2D eigenvalue weighted by molar-refractivity contribution is -0.122. The van der Waals surface area contributed by atoms with Crippen molar-refractivity contribution in [3.8, 4) is 5.75 Å². The third-order valence-corrected chi connectivity index (χ3v) is 4.34. The molecule has 0 saturated carbocycles. The molecule has 3 aromatic rings. The molecule has 8 heteroatoms. The number of ether oxygens (including phenoxy) is 1. The van der Waals surface area contributed by atoms with Gasteiger partial charge in [0.15, 0.2) is 11.9 Å². The molecular formula is C20H16BrFN2O4. The Bertz CT molecular complexity index is 974. The summed E-state index contributed by atoms with van der Waals surface area (Å²) in [7, 11) is 0. The van der Waals surface area contributed by atoms with E-state index < -0.39 is 11.9 Å². The van der Waals surface area contributed by atoms with E-state index in [1.807, 2.05) is 0 Å². The number of hydrogen-bond donors (Lipinski definition) is 2. The zero-order valence-corrected chi connectivity index (χ0v) is 16.3. The molecule has 1 heterocycles. The van der Waals surface area contributed by atoms with Gasteiger partial charge >= 0.3 is 0 Å². The summed E-state index contributed by atoms with van der Waals surface area (Å²) in [5.41, 5.74) is 1.09. The maximum absolute atomic E-state index is 13.1. The van der Waals surface area contributed by atoms with Gasteiger partial charge < -0.3 is 19.8 Å². The Balaban J connectivity index is 1.57. The van der Waals surface area contributed by atoms with Gasteiger partial charge in [-0.05, 0) is 77.5 Å². The highest BCUT2D eigenvalue weighted by Gasteiger charge is 2.17. The van der Waals surface area contributed by atoms with Crippen LogP contribution in [0.4, 0.5) is 15.8 Å². The van der Waals surface area contributed by atoms with Crippen molar-refractivity contribution >= 4 is 39.1 Å². The molecule has 3 rings (SSSR count). The summed E-state index contributed by atoms with van der Waals surface area (Å²) in [6, 6.07) is 13.7. The first-order valence-corrected chi connectivity index (χ1v) is 9.09. The van der Waals surface area contributed by atoms with Crippen molar-refractivity contribution in [3.63, 3.8) is 0 Å². The van der Waals surface area contributed by atoms with Crippen molar-refractivity contribution in [3.05, 3.63) is 76.9 Å². The van der Waals surface area contributed by atoms with Crippen LogP contribution in [0, 0.1) is 5.82 Å². The second-order valence-electron chi connectivity index (χ2n) is 5.83. The monoisotopic (exact) mass is 446 g/mol. The van der Waals surface area contributed by atoms with Gasteiger partial charge in [0, 0.05) is 11.4 Å². The third kappa shape index (κ3) is 4.98. The molecular weight excluding hydrogens is 431 g/mol. The minimum atomic E-state index is -0.805. The van der Waals surface area contributed by atoms with Gasteiger partial charge in [0.1, 0.15) is 11.6 Å². The Morgan fingerprint density at radius 1 is 1.07 bits per heavy atom. The van der Waals surface area contributed by atoms with Gasteiger partial charge in [-0.3, -0.25) is 9.59 Å². The van der Waals surface area contributed by atoms with E-state index in [1.54, 1.807) is 43.3 Å². The quantitative estimate of drug-likeness (QED) is 0.567. The number of rotatable bonds is 6. The van der Waals surface area contributed by atoms with Gasteiger partial charge in [-0.2, -0.15) is 0 Å². The maximum Gasteiger partial charge on any atom is 0.291 e. The maximum atomic E-state index is 13.1. The summed E-state index contributed by atoms with van der Waals surface area (Å²) in [6.07, 6.45) is 0.612. The van der Waals surface area contributed by atoms with Crippen LogP contribution in [0.25, 0.3) is 0 Å². The van der Waals surface area contributed by atoms with Gasteiger partial charge in [0.05, 0.1) is 10.7 Å². The van der Waals surface area contributed by atoms with E-state index in [2.05, 4.69) is 26.6 Å². The molecule has 0 fully saturated rings. The number of halogens is 2. The Morgan fingerprint density at radius 2 is 1.75 bits per heavy atom. The summed E-state index contributed by atoms with van der Waals surface area (Å²) >= 11 is 3.20. The number of anilines is 2. The minimum Gasteiger partial charge on any atom is -0.480 e. The van der Waals surface area contributed by atoms with Gasteiger partial charge in [-0.15, -0.1) is 0 Å². The molecule has 0 aliphatic carbocycles. The van der Waals surface area contributed by atoms with Crippen LogP contribution in [0.2, 0.25) is 0 Å². The van der Waals surface area contributed by atoms with Gasteiger partial charge in [-0.25, -0.2) is 4.39 Å². The lowest BCUT2D eigenvalue weighted by Crippen LogP contribution is -2.30. The predicted molar refractivity (Wildman–Crippen MR) is 106 cm³/mol. The molecule has 1 unspecified atom stereocenters. The number of benzene rings is 2. The second-order valence-corrected chi connectivity index (χ2v) is 6.69. The largest absolute Gasteiger partial charge is 0.480 e. The second kappa shape index (κ2) is 8.71. The first-order chi connectivity index (χ1) is 13.4. The summed E-state index contributed by atoms with van der Waals surface area (Å²) in [5.74, 6) is -0.580. The minimum absolute atomic E-state index is 0.204. The lowest BCUT2D eigenvalue weighted by Gasteiger charge is -2.16. The van der Waals surface area contributed by atoms with Crippen LogP contribution < -0.4 is 15.4 Å². The molecule has 6 nitrogen and oxygen atoms in total. The fourth-order valence-corrected chi connectivity index (χ4v) is 2.74. The molecule has 2 aromatic carbocycles. The molecule has 0 bridgehead atoms. The predicted octanol–water partition coefficient (Wildman–Crippen LogP) is 4.84. The van der Waals surface area contributed by atoms with Crippen LogP contribution in [-0.4, -0.2) is 17.9 Å². The smallest absolute Gasteiger partial charge is 0.291 e. The molecule has 0 radical (unpaired) electrons. The van der Waals surface area contributed by atoms with Crippen LogP contribution >= 0.6 is 15.9 Å². The average Bonchev–Trinajstić information content (AvgIpc) is 3.20. The Morgan fingerprint density at radius 3 is 2.36 bits per heavy atom. The lowest BCUT2D eigenvalue weighted by atomic mass is 10.2. The molecule has 144 valence electrons. The zero-order chi connectivity index (χ0) is 20.1. The molecule has 2 amide bonds. The highest BCUT2D eigenvalue weighted by Crippen LogP contribution is 2.26. The van der Waals surface area contributed by atoms with Crippen molar-refractivity contribution in [2.75, 3.05) is 10.6 Å². The van der Waals surface area contributed by atoms with Crippen LogP contribution in [0.3, 0.4) is 0 Å². The number of amides is 2. The Kier molecular flexibility index (Phi) is 6.10. The SMILES string of the molecule is CC(Oc1ccc(F)cc1Br)C(=O)Nc1ccc(NC(=O)c2ccco2)cc1. The van der Waals surface area contributed by atoms with Crippen molar-refractivity contribution < 1.29 is 23.1 Å². The highest BCUT2D eigenvalue weighted by atomic mass is 79.9. The van der Waals surface area contributed by atoms with Crippen LogP contribution in [0.5, 0.6) is 5.75 Å². The summed E-state index contributed by atoms with van der Waals surface area (Å²) in [5, 5.41) is 5.40. The first kappa shape index (κ1) is 19.6. The van der Waals surface area contributed by atoms with Gasteiger partial charge in [-0.1, -0.05) is 0 Å². The summed E-state index contributed by atoms with van der Waals surface area (Å²) in [4.78, 5) is 24.2. The topological polar surface area (TPSA) is 80.6 Å². The normalized spacial score (nSPS) is 11.5. The molecule has 2 N–H and O–H groups in total. The van der Waals surface area contributed by atoms with Crippen molar-refractivity contribution in [1.82, 2.24) is 0 Å². The highest BCUT2D eigenvalue weighted by molar-refractivity contribution is 9.10. The van der Waals surface area contributed by atoms with Crippen LogP contribution in [0.1, 0.15) is 17.5 Å². The molecule has 1 atom stereocenters. The molecule has 0 saturated heterocycles. The molecule has 28 heavy (non-hydrogen) atoms. The number of hydrogen-bond acceptors (Lipinski definition) is 4. The van der Waals surface area contributed by atoms with Crippen molar-refractivity contribution in [2.24, 2.45) is 0 Å². The zero-order valence-electron chi connectivity index (χ0n) is 14.7. The van der Waals surface area contributed by atoms with Crippen molar-refractivity contribution in [1.29, 1.82) is 0 Å². The molecule has 0 aliphatic rings. The van der Waals surface area contributed by atoms with Gasteiger partial charge in [0.2, 0.25) is 0 Å². The Labute approximate surface area is 168 Å². The standard InChI is InChI=1S/C20H16BrFN2O4/c1-12(28-17-9-4-13(22)11-16(17)21)19(25)23-14-5-7-15(8-6-14)24-20(26)18-3-2-10-27-18/h2-12H,1H3,(H,23,25)(H,24,26). The summed E-state index contributed by atoms with van der Waals surface area (Å²) < 4.78 is 24.1. The van der Waals surface area contributed by atoms with Crippen LogP contribution in [-0.2, 0) is 4.79 Å². The molecule has 0 aliphatic heterocycles. The van der Waals surface area contributed by atoms with E-state index >= 15 is 0 Å². The number of furan rings is 1. The van der Waals surface area contributed by atoms with Gasteiger partial charge in [0.25, 0.3) is 11.8 Å². The molecule has 0 spiro atoms. The van der Waals surface area contributed by atoms with E-state index in [0.717, 1.165) is 0 Å². The Hall–Kier alpha value is -3.13. The summed E-state index contributed by atoms with van der Waals surface area (Å²) in [6.45, 7) is 1.59. The number of nitrogens with one attached hydrogen (secondary N) is 2. The first-order valence-electron chi connectivity index (χ1n) is 8.30. The van der Waals surface area contributed by atoms with E-state index in [-0.39, 0.29) is 17.6 Å². The number of carbonyl (C=O) groups is 2. The van der Waals surface area contributed by atoms with Crippen molar-refractivity contribution in [2.45, 2.75) is 13.0 Å². The average molecular weight is 447 g/mol.